The number of carbonyl (C=O) groups excluding carboxylic acids is 2. The Kier molecular flexibility index (Phi) is 9.10. The summed E-state index contributed by atoms with van der Waals surface area (Å²) in [5.74, 6) is 1.02. The summed E-state index contributed by atoms with van der Waals surface area (Å²) in [5.41, 5.74) is 6.31. The van der Waals surface area contributed by atoms with E-state index in [9.17, 15) is 9.59 Å². The quantitative estimate of drug-likeness (QED) is 0.188. The molecule has 9 heteroatoms. The van der Waals surface area contributed by atoms with Crippen molar-refractivity contribution >= 4 is 18.1 Å². The molecule has 37 heavy (non-hydrogen) atoms. The normalized spacial score (nSPS) is 10.6. The highest BCUT2D eigenvalue weighted by Gasteiger charge is 2.18. The molecule has 0 radical (unpaired) electrons. The van der Waals surface area contributed by atoms with Crippen molar-refractivity contribution in [2.24, 2.45) is 5.10 Å². The first kappa shape index (κ1) is 27.1. The molecule has 0 aliphatic heterocycles. The predicted octanol–water partition coefficient (Wildman–Crippen LogP) is 4.39. The van der Waals surface area contributed by atoms with Gasteiger partial charge in [0.15, 0.2) is 18.1 Å². The summed E-state index contributed by atoms with van der Waals surface area (Å²) < 4.78 is 27.1. The number of methoxy groups -OCH3 is 3. The number of amides is 1. The monoisotopic (exact) mass is 506 g/mol. The largest absolute Gasteiger partial charge is 0.493 e. The van der Waals surface area contributed by atoms with Gasteiger partial charge in [0.25, 0.3) is 5.91 Å². The lowest BCUT2D eigenvalue weighted by atomic mass is 10.1. The molecule has 0 bridgehead atoms. The van der Waals surface area contributed by atoms with Crippen molar-refractivity contribution in [3.63, 3.8) is 0 Å². The first-order valence-electron chi connectivity index (χ1n) is 11.4. The molecule has 1 N–H and O–H groups in total. The van der Waals surface area contributed by atoms with Crippen molar-refractivity contribution in [1.29, 1.82) is 0 Å². The Morgan fingerprint density at radius 3 is 2.19 bits per heavy atom. The van der Waals surface area contributed by atoms with Crippen LogP contribution in [0.1, 0.15) is 32.6 Å². The Morgan fingerprint density at radius 2 is 1.54 bits per heavy atom. The van der Waals surface area contributed by atoms with Gasteiger partial charge in [0, 0.05) is 0 Å². The highest BCUT2D eigenvalue weighted by atomic mass is 16.5. The smallest absolute Gasteiger partial charge is 0.343 e. The average Bonchev–Trinajstić information content (AvgIpc) is 2.90. The van der Waals surface area contributed by atoms with Gasteiger partial charge in [0.2, 0.25) is 5.75 Å². The Morgan fingerprint density at radius 1 is 0.865 bits per heavy atom. The zero-order valence-electron chi connectivity index (χ0n) is 21.7. The Bertz CT molecular complexity index is 1290. The Labute approximate surface area is 216 Å². The lowest BCUT2D eigenvalue weighted by molar-refractivity contribution is -0.123. The number of benzene rings is 3. The van der Waals surface area contributed by atoms with Crippen molar-refractivity contribution in [2.45, 2.75) is 20.8 Å². The van der Waals surface area contributed by atoms with Crippen LogP contribution < -0.4 is 29.1 Å². The molecule has 1 amide bonds. The average molecular weight is 507 g/mol. The molecule has 0 aliphatic carbocycles. The Hall–Kier alpha value is -4.53. The topological polar surface area (TPSA) is 105 Å². The second-order valence-corrected chi connectivity index (χ2v) is 8.11. The summed E-state index contributed by atoms with van der Waals surface area (Å²) >= 11 is 0. The molecule has 0 saturated carbocycles. The molecule has 3 aromatic rings. The number of carbonyl (C=O) groups is 2. The van der Waals surface area contributed by atoms with Crippen LogP contribution in [0.3, 0.4) is 0 Å². The lowest BCUT2D eigenvalue weighted by Crippen LogP contribution is -2.25. The van der Waals surface area contributed by atoms with Crippen LogP contribution in [-0.4, -0.2) is 46.0 Å². The van der Waals surface area contributed by atoms with E-state index in [0.29, 0.717) is 34.3 Å². The number of hydrogen-bond donors (Lipinski definition) is 1. The first-order valence-corrected chi connectivity index (χ1v) is 11.4. The van der Waals surface area contributed by atoms with E-state index >= 15 is 0 Å². The summed E-state index contributed by atoms with van der Waals surface area (Å²) in [7, 11) is 4.41. The fourth-order valence-electron chi connectivity index (χ4n) is 3.52. The van der Waals surface area contributed by atoms with E-state index in [4.69, 9.17) is 23.7 Å². The van der Waals surface area contributed by atoms with E-state index < -0.39 is 11.9 Å². The molecular formula is C28H30N2O7. The zero-order valence-corrected chi connectivity index (χ0v) is 21.7. The van der Waals surface area contributed by atoms with E-state index in [1.54, 1.807) is 24.3 Å². The van der Waals surface area contributed by atoms with Gasteiger partial charge in [-0.05, 0) is 67.3 Å². The minimum atomic E-state index is -0.611. The van der Waals surface area contributed by atoms with Crippen molar-refractivity contribution in [2.75, 3.05) is 27.9 Å². The van der Waals surface area contributed by atoms with E-state index in [-0.39, 0.29) is 12.2 Å². The molecule has 194 valence electrons. The second kappa shape index (κ2) is 12.4. The number of esters is 1. The fraction of sp³-hybridized carbons (Fsp3) is 0.250. The molecule has 0 fully saturated rings. The molecule has 0 aliphatic rings. The maximum absolute atomic E-state index is 12.7. The van der Waals surface area contributed by atoms with Gasteiger partial charge in [0.05, 0.1) is 33.1 Å². The van der Waals surface area contributed by atoms with Gasteiger partial charge >= 0.3 is 5.97 Å². The predicted molar refractivity (Wildman–Crippen MR) is 139 cm³/mol. The van der Waals surface area contributed by atoms with Crippen LogP contribution in [-0.2, 0) is 4.79 Å². The third-order valence-electron chi connectivity index (χ3n) is 5.59. The fourth-order valence-corrected chi connectivity index (χ4v) is 3.52. The minimum Gasteiger partial charge on any atom is -0.493 e. The van der Waals surface area contributed by atoms with Crippen LogP contribution in [0, 0.1) is 20.8 Å². The number of rotatable bonds is 10. The number of nitrogens with zero attached hydrogens (tertiary/aromatic N) is 1. The maximum Gasteiger partial charge on any atom is 0.343 e. The zero-order chi connectivity index (χ0) is 26.9. The third kappa shape index (κ3) is 6.78. The molecule has 3 aromatic carbocycles. The van der Waals surface area contributed by atoms with Crippen LogP contribution in [0.4, 0.5) is 0 Å². The molecule has 0 unspecified atom stereocenters. The summed E-state index contributed by atoms with van der Waals surface area (Å²) in [6.45, 7) is 5.70. The Balaban J connectivity index is 1.62. The molecule has 0 atom stereocenters. The van der Waals surface area contributed by atoms with Gasteiger partial charge in [-0.25, -0.2) is 10.2 Å². The molecule has 0 spiro atoms. The van der Waals surface area contributed by atoms with E-state index in [1.165, 1.54) is 39.7 Å². The number of ether oxygens (including phenoxy) is 5. The van der Waals surface area contributed by atoms with Crippen LogP contribution in [0.2, 0.25) is 0 Å². The number of aryl methyl sites for hydroxylation is 2. The SMILES string of the molecule is COc1cc(C(=O)Oc2cccc(C=NNC(=O)COc3c(C)ccc(C)c3C)c2)cc(OC)c1OC. The highest BCUT2D eigenvalue weighted by Crippen LogP contribution is 2.38. The van der Waals surface area contributed by atoms with E-state index in [0.717, 1.165) is 16.7 Å². The number of nitrogens with one attached hydrogen (secondary N) is 1. The molecule has 0 aromatic heterocycles. The highest BCUT2D eigenvalue weighted by molar-refractivity contribution is 5.93. The van der Waals surface area contributed by atoms with Crippen molar-refractivity contribution in [3.8, 4) is 28.7 Å². The number of hydrogen-bond acceptors (Lipinski definition) is 8. The molecule has 0 saturated heterocycles. The van der Waals surface area contributed by atoms with Crippen LogP contribution in [0.5, 0.6) is 28.7 Å². The summed E-state index contributed by atoms with van der Waals surface area (Å²) in [6, 6.07) is 13.7. The van der Waals surface area contributed by atoms with Gasteiger partial charge in [0.1, 0.15) is 11.5 Å². The molecule has 3 rings (SSSR count). The van der Waals surface area contributed by atoms with Gasteiger partial charge in [-0.1, -0.05) is 24.3 Å². The maximum atomic E-state index is 12.7. The van der Waals surface area contributed by atoms with E-state index in [2.05, 4.69) is 10.5 Å². The standard InChI is InChI=1S/C28H30N2O7/c1-17-10-11-18(2)26(19(17)3)36-16-25(31)30-29-15-20-8-7-9-22(12-20)37-28(32)21-13-23(33-4)27(35-6)24(14-21)34-5/h7-15H,16H2,1-6H3,(H,30,31). The van der Waals surface area contributed by atoms with Gasteiger partial charge in [-0.3, -0.25) is 4.79 Å². The van der Waals surface area contributed by atoms with Crippen LogP contribution in [0.15, 0.2) is 53.6 Å². The van der Waals surface area contributed by atoms with Crippen LogP contribution >= 0.6 is 0 Å². The lowest BCUT2D eigenvalue weighted by Gasteiger charge is -2.13. The summed E-state index contributed by atoms with van der Waals surface area (Å²) in [6.07, 6.45) is 1.44. The summed E-state index contributed by atoms with van der Waals surface area (Å²) in [4.78, 5) is 24.9. The van der Waals surface area contributed by atoms with Crippen molar-refractivity contribution in [3.05, 3.63) is 76.3 Å². The second-order valence-electron chi connectivity index (χ2n) is 8.11. The van der Waals surface area contributed by atoms with Gasteiger partial charge < -0.3 is 23.7 Å². The minimum absolute atomic E-state index is 0.172. The summed E-state index contributed by atoms with van der Waals surface area (Å²) in [5, 5.41) is 3.97. The van der Waals surface area contributed by atoms with Gasteiger partial charge in [-0.15, -0.1) is 0 Å². The molecular weight excluding hydrogens is 476 g/mol. The molecule has 9 nitrogen and oxygen atoms in total. The van der Waals surface area contributed by atoms with Crippen LogP contribution in [0.25, 0.3) is 0 Å². The number of hydrazone groups is 1. The first-order chi connectivity index (χ1) is 17.8. The van der Waals surface area contributed by atoms with Crippen molar-refractivity contribution in [1.82, 2.24) is 5.43 Å². The van der Waals surface area contributed by atoms with Crippen molar-refractivity contribution < 1.29 is 33.3 Å². The molecule has 0 heterocycles. The van der Waals surface area contributed by atoms with Gasteiger partial charge in [-0.2, -0.15) is 5.10 Å². The third-order valence-corrected chi connectivity index (χ3v) is 5.59. The van der Waals surface area contributed by atoms with E-state index in [1.807, 2.05) is 32.9 Å².